The van der Waals surface area contributed by atoms with Crippen molar-refractivity contribution in [3.05, 3.63) is 0 Å². The summed E-state index contributed by atoms with van der Waals surface area (Å²) in [5.74, 6) is 0.959. The molecule has 1 atom stereocenters. The van der Waals surface area contributed by atoms with E-state index in [2.05, 4.69) is 15.5 Å². The van der Waals surface area contributed by atoms with Crippen molar-refractivity contribution in [1.82, 2.24) is 10.5 Å². The van der Waals surface area contributed by atoms with Gasteiger partial charge in [-0.2, -0.15) is 10.2 Å². The second-order valence-corrected chi connectivity index (χ2v) is 2.69. The molecule has 2 rings (SSSR count). The summed E-state index contributed by atoms with van der Waals surface area (Å²) in [7, 11) is 0. The molecule has 2 aliphatic rings. The van der Waals surface area contributed by atoms with Crippen molar-refractivity contribution in [3.8, 4) is 0 Å². The Kier molecular flexibility index (Phi) is 0.977. The molecule has 0 saturated heterocycles. The maximum Gasteiger partial charge on any atom is 0.166 e. The van der Waals surface area contributed by atoms with E-state index in [0.717, 1.165) is 18.0 Å². The van der Waals surface area contributed by atoms with Crippen molar-refractivity contribution in [1.29, 1.82) is 0 Å². The Balaban J connectivity index is 2.17. The third-order valence-electron chi connectivity index (χ3n) is 1.66. The van der Waals surface area contributed by atoms with Crippen LogP contribution in [0, 0.1) is 0 Å². The summed E-state index contributed by atoms with van der Waals surface area (Å²) in [6.07, 6.45) is 1.20. The summed E-state index contributed by atoms with van der Waals surface area (Å²) in [4.78, 5) is 4.32. The Hall–Kier alpha value is -1.06. The van der Waals surface area contributed by atoms with Crippen LogP contribution in [-0.2, 0) is 0 Å². The number of amidine groups is 1. The number of hydrazone groups is 1. The highest BCUT2D eigenvalue weighted by Gasteiger charge is 2.28. The molecule has 0 aromatic rings. The fourth-order valence-corrected chi connectivity index (χ4v) is 1.26. The largest absolute Gasteiger partial charge is 0.268 e. The number of aliphatic imine (C=N–C) groups is 1. The molecule has 1 N–H and O–H groups in total. The summed E-state index contributed by atoms with van der Waals surface area (Å²) < 4.78 is 0. The Morgan fingerprint density at radius 2 is 2.40 bits per heavy atom. The number of nitrogens with one attached hydrogen (secondary N) is 1. The lowest BCUT2D eigenvalue weighted by molar-refractivity contribution is 0.225. The Bertz CT molecular complexity index is 194. The molecule has 0 saturated carbocycles. The highest BCUT2D eigenvalue weighted by molar-refractivity contribution is 5.87. The van der Waals surface area contributed by atoms with Crippen molar-refractivity contribution in [2.24, 2.45) is 10.1 Å². The van der Waals surface area contributed by atoms with Gasteiger partial charge in [0.1, 0.15) is 5.84 Å². The van der Waals surface area contributed by atoms with Crippen LogP contribution in [0.5, 0.6) is 0 Å². The number of hydrogen-bond donors (Lipinski definition) is 1. The van der Waals surface area contributed by atoms with Gasteiger partial charge in [-0.15, -0.1) is 0 Å². The molecule has 0 spiro atoms. The molecule has 2 heterocycles. The van der Waals surface area contributed by atoms with Gasteiger partial charge in [-0.25, -0.2) is 4.99 Å². The topological polar surface area (TPSA) is 40.0 Å². The van der Waals surface area contributed by atoms with Gasteiger partial charge < -0.3 is 0 Å². The zero-order chi connectivity index (χ0) is 7.14. The van der Waals surface area contributed by atoms with Crippen LogP contribution in [0.3, 0.4) is 0 Å². The monoisotopic (exact) mass is 138 g/mol. The van der Waals surface area contributed by atoms with Gasteiger partial charge >= 0.3 is 0 Å². The zero-order valence-corrected chi connectivity index (χ0v) is 6.13. The molecule has 1 unspecified atom stereocenters. The minimum atomic E-state index is 0.236. The summed E-state index contributed by atoms with van der Waals surface area (Å²) in [6.45, 7) is 3.97. The van der Waals surface area contributed by atoms with E-state index >= 15 is 0 Å². The van der Waals surface area contributed by atoms with E-state index in [4.69, 9.17) is 0 Å². The van der Waals surface area contributed by atoms with Crippen LogP contribution in [0.2, 0.25) is 0 Å². The first kappa shape index (κ1) is 5.70. The molecule has 54 valence electrons. The predicted molar refractivity (Wildman–Crippen MR) is 39.6 cm³/mol. The minimum Gasteiger partial charge on any atom is -0.268 e. The first-order chi connectivity index (χ1) is 4.75. The number of nitrogens with zero attached hydrogens (tertiary/aromatic N) is 3. The van der Waals surface area contributed by atoms with E-state index in [0.29, 0.717) is 0 Å². The van der Waals surface area contributed by atoms with Gasteiger partial charge in [0.25, 0.3) is 0 Å². The predicted octanol–water partition coefficient (Wildman–Crippen LogP) is 0.331. The van der Waals surface area contributed by atoms with Gasteiger partial charge in [0.2, 0.25) is 0 Å². The smallest absolute Gasteiger partial charge is 0.166 e. The number of rotatable bonds is 0. The molecular weight excluding hydrogens is 128 g/mol. The standard InChI is InChI=1S/C6H10N4/c1-4-3-6-7-5(2)9-10(6)8-4/h6H,3H2,1-2H3,(H,7,9). The van der Waals surface area contributed by atoms with E-state index in [9.17, 15) is 0 Å². The molecule has 0 aromatic carbocycles. The van der Waals surface area contributed by atoms with E-state index in [-0.39, 0.29) is 6.17 Å². The van der Waals surface area contributed by atoms with Crippen molar-refractivity contribution >= 4 is 11.5 Å². The molecule has 4 heteroatoms. The van der Waals surface area contributed by atoms with Gasteiger partial charge in [0.15, 0.2) is 6.17 Å². The second-order valence-electron chi connectivity index (χ2n) is 2.69. The molecule has 0 aliphatic carbocycles. The fourth-order valence-electron chi connectivity index (χ4n) is 1.26. The third kappa shape index (κ3) is 0.683. The van der Waals surface area contributed by atoms with Gasteiger partial charge in [-0.05, 0) is 13.8 Å². The van der Waals surface area contributed by atoms with Gasteiger partial charge in [-0.1, -0.05) is 0 Å². The van der Waals surface area contributed by atoms with Gasteiger partial charge in [0.05, 0.1) is 0 Å². The highest BCUT2D eigenvalue weighted by Crippen LogP contribution is 2.17. The molecule has 2 aliphatic heterocycles. The van der Waals surface area contributed by atoms with E-state index in [1.165, 1.54) is 0 Å². The van der Waals surface area contributed by atoms with Crippen LogP contribution in [0.15, 0.2) is 10.1 Å². The van der Waals surface area contributed by atoms with Crippen LogP contribution in [0.4, 0.5) is 0 Å². The van der Waals surface area contributed by atoms with Crippen molar-refractivity contribution in [3.63, 3.8) is 0 Å². The Morgan fingerprint density at radius 3 is 3.10 bits per heavy atom. The van der Waals surface area contributed by atoms with E-state index in [1.54, 1.807) is 0 Å². The first-order valence-corrected chi connectivity index (χ1v) is 3.40. The van der Waals surface area contributed by atoms with Crippen LogP contribution < -0.4 is 5.43 Å². The average Bonchev–Trinajstić information content (AvgIpc) is 2.21. The van der Waals surface area contributed by atoms with Crippen LogP contribution in [-0.4, -0.2) is 22.8 Å². The quantitative estimate of drug-likeness (QED) is 0.524. The number of fused-ring (bicyclic) bond motifs is 1. The molecule has 4 nitrogen and oxygen atoms in total. The molecule has 0 fully saturated rings. The summed E-state index contributed by atoms with van der Waals surface area (Å²) >= 11 is 0. The number of hydrogen-bond acceptors (Lipinski definition) is 4. The second kappa shape index (κ2) is 1.71. The van der Waals surface area contributed by atoms with E-state index in [1.807, 2.05) is 19.0 Å². The molecule has 0 amide bonds. The van der Waals surface area contributed by atoms with Crippen LogP contribution in [0.1, 0.15) is 20.3 Å². The first-order valence-electron chi connectivity index (χ1n) is 3.40. The van der Waals surface area contributed by atoms with Crippen molar-refractivity contribution < 1.29 is 0 Å². The van der Waals surface area contributed by atoms with Crippen molar-refractivity contribution in [2.45, 2.75) is 26.4 Å². The maximum atomic E-state index is 4.32. The van der Waals surface area contributed by atoms with Crippen LogP contribution in [0.25, 0.3) is 0 Å². The summed E-state index contributed by atoms with van der Waals surface area (Å²) in [5, 5.41) is 6.04. The summed E-state index contributed by atoms with van der Waals surface area (Å²) in [5.41, 5.74) is 4.19. The Labute approximate surface area is 59.6 Å². The SMILES string of the molecule is CC1=NN2NC(C)=NC2C1. The van der Waals surface area contributed by atoms with E-state index < -0.39 is 0 Å². The van der Waals surface area contributed by atoms with Gasteiger partial charge in [-0.3, -0.25) is 5.43 Å². The lowest BCUT2D eigenvalue weighted by Crippen LogP contribution is -2.32. The third-order valence-corrected chi connectivity index (χ3v) is 1.66. The molecular formula is C6H10N4. The van der Waals surface area contributed by atoms with Gasteiger partial charge in [0, 0.05) is 12.1 Å². The molecule has 0 radical (unpaired) electrons. The highest BCUT2D eigenvalue weighted by atomic mass is 15.8. The molecule has 10 heavy (non-hydrogen) atoms. The lowest BCUT2D eigenvalue weighted by Gasteiger charge is -2.10. The maximum absolute atomic E-state index is 4.32. The summed E-state index contributed by atoms with van der Waals surface area (Å²) in [6, 6.07) is 0. The normalized spacial score (nSPS) is 29.4. The average molecular weight is 138 g/mol. The van der Waals surface area contributed by atoms with Crippen molar-refractivity contribution in [2.75, 3.05) is 0 Å². The number of hydrazine groups is 1. The lowest BCUT2D eigenvalue weighted by atomic mass is 10.3. The fraction of sp³-hybridized carbons (Fsp3) is 0.667. The van der Waals surface area contributed by atoms with Crippen LogP contribution >= 0.6 is 0 Å². The Morgan fingerprint density at radius 1 is 1.60 bits per heavy atom. The molecule has 0 aromatic heterocycles. The zero-order valence-electron chi connectivity index (χ0n) is 6.13. The molecule has 0 bridgehead atoms. The minimum absolute atomic E-state index is 0.236.